The molecule has 0 nitrogen and oxygen atoms in total. The van der Waals surface area contributed by atoms with E-state index < -0.39 is 0 Å². The highest BCUT2D eigenvalue weighted by Gasteiger charge is 2.86. The van der Waals surface area contributed by atoms with Gasteiger partial charge in [0, 0.05) is 0 Å². The van der Waals surface area contributed by atoms with Crippen molar-refractivity contribution in [3.05, 3.63) is 0 Å². The van der Waals surface area contributed by atoms with E-state index in [4.69, 9.17) is 0 Å². The second-order valence-electron chi connectivity index (χ2n) is 30.3. The predicted octanol–water partition coefficient (Wildman–Crippen LogP) is 17.6. The number of fused-ring (bicyclic) bond motifs is 4. The molecule has 3 spiro atoms. The summed E-state index contributed by atoms with van der Waals surface area (Å²) in [5.41, 5.74) is 5.29. The van der Waals surface area contributed by atoms with Gasteiger partial charge < -0.3 is 0 Å². The molecule has 0 heterocycles. The lowest BCUT2D eigenvalue weighted by molar-refractivity contribution is -0.412. The van der Waals surface area contributed by atoms with E-state index in [0.29, 0.717) is 0 Å². The molecule has 0 radical (unpaired) electrons. The van der Waals surface area contributed by atoms with Gasteiger partial charge in [-0.3, -0.25) is 0 Å². The van der Waals surface area contributed by atoms with Crippen molar-refractivity contribution in [2.24, 2.45) is 151 Å². The zero-order valence-electron chi connectivity index (χ0n) is 42.8. The molecule has 346 valence electrons. The summed E-state index contributed by atoms with van der Waals surface area (Å²) < 4.78 is 0. The summed E-state index contributed by atoms with van der Waals surface area (Å²) in [5, 5.41) is 0. The fraction of sp³-hybridized carbons (Fsp3) is 1.00. The van der Waals surface area contributed by atoms with Crippen LogP contribution < -0.4 is 0 Å². The summed E-state index contributed by atoms with van der Waals surface area (Å²) in [4.78, 5) is 0. The number of hydrogen-bond donors (Lipinski definition) is 0. The lowest BCUT2D eigenvalue weighted by Gasteiger charge is -2.88. The lowest BCUT2D eigenvalue weighted by Crippen LogP contribution is -2.84. The molecule has 0 heteroatoms. The van der Waals surface area contributed by atoms with Crippen LogP contribution in [0.4, 0.5) is 0 Å². The first-order valence-corrected chi connectivity index (χ1v) is 28.9. The van der Waals surface area contributed by atoms with Gasteiger partial charge >= 0.3 is 0 Å². The van der Waals surface area contributed by atoms with Crippen molar-refractivity contribution in [1.82, 2.24) is 0 Å². The van der Waals surface area contributed by atoms with Crippen LogP contribution in [-0.4, -0.2) is 0 Å². The topological polar surface area (TPSA) is 0 Å². The predicted molar refractivity (Wildman–Crippen MR) is 259 cm³/mol. The van der Waals surface area contributed by atoms with E-state index in [1.54, 1.807) is 128 Å². The van der Waals surface area contributed by atoms with Gasteiger partial charge in [0.05, 0.1) is 0 Å². The molecule has 19 aliphatic rings. The Morgan fingerprint density at radius 3 is 1.02 bits per heavy atom. The Hall–Kier alpha value is 0. The maximum absolute atomic E-state index is 2.47. The molecule has 19 fully saturated rings. The van der Waals surface area contributed by atoms with Crippen molar-refractivity contribution in [1.29, 1.82) is 0 Å². The van der Waals surface area contributed by atoms with Crippen molar-refractivity contribution in [3.8, 4) is 0 Å². The lowest BCUT2D eigenvalue weighted by atomic mass is 9.16. The van der Waals surface area contributed by atoms with Gasteiger partial charge in [0.1, 0.15) is 0 Å². The summed E-state index contributed by atoms with van der Waals surface area (Å²) in [7, 11) is 0. The van der Waals surface area contributed by atoms with Gasteiger partial charge in [-0.2, -0.15) is 0 Å². The molecule has 4 atom stereocenters. The van der Waals surface area contributed by atoms with E-state index in [0.717, 1.165) is 109 Å². The third-order valence-corrected chi connectivity index (χ3v) is 25.9. The molecule has 19 aliphatic carbocycles. The second kappa shape index (κ2) is 14.7. The van der Waals surface area contributed by atoms with Crippen LogP contribution in [0.15, 0.2) is 0 Å². The standard InChI is InChI=1S/C13H22.C11H16.C10H16.C10H18.C9H16.C8H14/c1-9(2)13-6-10-3-11(7-13)5-12(4-10)8-13;1-4(2)7-9-5-3-6-8(5)11(9)10(6)7;1-7(2)8-9(3-4-9)10(8)5-6-10;1-8(2)9-6-10(7-9)4-3-5-10;1-7(2)9-4-3-8(5-9)6-9;1-6(2)8-3-7(4-8)5-8/h9-12H,3-8H2,1-2H3;4-11H,3H2,1-2H3;7-8H,3-6H2,1-2H3;8-9H,3-7H2,1-2H3;7-8H,3-6H2,1-2H3;6-7H,3-5H2,1-2H3. The van der Waals surface area contributed by atoms with Crippen LogP contribution in [0.2, 0.25) is 0 Å². The van der Waals surface area contributed by atoms with Crippen LogP contribution in [0.1, 0.15) is 231 Å². The van der Waals surface area contributed by atoms with Crippen LogP contribution in [0, 0.1) is 151 Å². The summed E-state index contributed by atoms with van der Waals surface area (Å²) in [6.07, 6.45) is 36.1. The summed E-state index contributed by atoms with van der Waals surface area (Å²) >= 11 is 0. The normalized spacial score (nSPS) is 51.2. The molecule has 0 aromatic carbocycles. The highest BCUT2D eigenvalue weighted by molar-refractivity contribution is 5.35. The molecular weight excluding hydrogens is 733 g/mol. The van der Waals surface area contributed by atoms with Gasteiger partial charge in [-0.25, -0.2) is 0 Å². The van der Waals surface area contributed by atoms with Crippen LogP contribution in [-0.2, 0) is 0 Å². The SMILES string of the molecule is CC(C)C12CC(C1)C2.CC(C)C12CC3CC(CC(C3)C1)C2.CC(C)C12CCC(C1)C2.CC(C)C1C2(CC2)C12CC2.CC(C)C1C2C3CC4C3C2C41.CC(C)C1CC2(CCC2)C1. The molecule has 8 bridgehead atoms. The largest absolute Gasteiger partial charge is 0.0625 e. The minimum absolute atomic E-state index is 0.800. The highest BCUT2D eigenvalue weighted by atomic mass is 14.9. The molecular formula is C61H102. The minimum Gasteiger partial charge on any atom is -0.0625 e. The van der Waals surface area contributed by atoms with Gasteiger partial charge in [0.15, 0.2) is 0 Å². The third-order valence-electron chi connectivity index (χ3n) is 25.9. The van der Waals surface area contributed by atoms with E-state index in [9.17, 15) is 0 Å². The third kappa shape index (κ3) is 6.59. The smallest absolute Gasteiger partial charge is 0.0201 e. The van der Waals surface area contributed by atoms with Crippen LogP contribution in [0.25, 0.3) is 0 Å². The zero-order chi connectivity index (χ0) is 42.8. The van der Waals surface area contributed by atoms with E-state index in [-0.39, 0.29) is 0 Å². The Kier molecular flexibility index (Phi) is 10.5. The fourth-order valence-electron chi connectivity index (χ4n) is 21.7. The van der Waals surface area contributed by atoms with Crippen molar-refractivity contribution in [2.45, 2.75) is 231 Å². The molecule has 61 heavy (non-hydrogen) atoms. The van der Waals surface area contributed by atoms with E-state index >= 15 is 0 Å². The highest BCUT2D eigenvalue weighted by Crippen LogP contribution is 2.93. The van der Waals surface area contributed by atoms with Gasteiger partial charge in [-0.05, 0) is 292 Å². The average molecular weight is 835 g/mol. The summed E-state index contributed by atoms with van der Waals surface area (Å²) in [6, 6.07) is 0. The first-order chi connectivity index (χ1) is 28.9. The minimum atomic E-state index is 0.800. The first-order valence-electron chi connectivity index (χ1n) is 28.9. The molecule has 0 aromatic heterocycles. The Morgan fingerprint density at radius 2 is 0.803 bits per heavy atom. The first kappa shape index (κ1) is 43.6. The van der Waals surface area contributed by atoms with Crippen molar-refractivity contribution < 1.29 is 0 Å². The molecule has 0 aromatic rings. The Labute approximate surface area is 380 Å². The zero-order valence-corrected chi connectivity index (χ0v) is 42.8. The fourth-order valence-corrected chi connectivity index (χ4v) is 21.7. The maximum Gasteiger partial charge on any atom is -0.0201 e. The van der Waals surface area contributed by atoms with Crippen LogP contribution in [0.5, 0.6) is 0 Å². The Balaban J connectivity index is 0.0000000832. The number of hydrogen-bond acceptors (Lipinski definition) is 0. The number of rotatable bonds is 6. The molecule has 0 amide bonds. The van der Waals surface area contributed by atoms with Crippen molar-refractivity contribution in [3.63, 3.8) is 0 Å². The van der Waals surface area contributed by atoms with Gasteiger partial charge in [0.2, 0.25) is 0 Å². The monoisotopic (exact) mass is 835 g/mol. The average Bonchev–Trinajstić information content (AvgIpc) is 4.04. The van der Waals surface area contributed by atoms with Gasteiger partial charge in [0.25, 0.3) is 0 Å². The van der Waals surface area contributed by atoms with Crippen molar-refractivity contribution in [2.75, 3.05) is 0 Å². The Morgan fingerprint density at radius 1 is 0.361 bits per heavy atom. The molecule has 0 saturated heterocycles. The van der Waals surface area contributed by atoms with Crippen molar-refractivity contribution >= 4 is 0 Å². The molecule has 0 N–H and O–H groups in total. The van der Waals surface area contributed by atoms with Crippen LogP contribution in [0.3, 0.4) is 0 Å². The summed E-state index contributed by atoms with van der Waals surface area (Å²) in [5.74, 6) is 22.4. The van der Waals surface area contributed by atoms with Gasteiger partial charge in [-0.1, -0.05) is 89.5 Å². The second-order valence-corrected chi connectivity index (χ2v) is 30.3. The quantitative estimate of drug-likeness (QED) is 0.250. The van der Waals surface area contributed by atoms with Crippen LogP contribution >= 0.6 is 0 Å². The van der Waals surface area contributed by atoms with E-state index in [1.165, 1.54) is 60.7 Å². The molecule has 4 unspecified atom stereocenters. The molecule has 19 rings (SSSR count). The molecule has 19 saturated carbocycles. The Bertz CT molecular complexity index is 1480. The van der Waals surface area contributed by atoms with E-state index in [1.807, 2.05) is 0 Å². The summed E-state index contributed by atoms with van der Waals surface area (Å²) in [6.45, 7) is 28.9. The van der Waals surface area contributed by atoms with Gasteiger partial charge in [-0.15, -0.1) is 0 Å². The van der Waals surface area contributed by atoms with E-state index in [2.05, 4.69) is 83.1 Å². The molecule has 0 aliphatic heterocycles. The maximum atomic E-state index is 2.47.